The number of benzene rings is 3. The van der Waals surface area contributed by atoms with Crippen molar-refractivity contribution in [3.05, 3.63) is 88.9 Å². The van der Waals surface area contributed by atoms with Crippen LogP contribution in [0.4, 0.5) is 5.69 Å². The van der Waals surface area contributed by atoms with Crippen molar-refractivity contribution in [2.24, 2.45) is 0 Å². The summed E-state index contributed by atoms with van der Waals surface area (Å²) in [5, 5.41) is 12.1. The summed E-state index contributed by atoms with van der Waals surface area (Å²) in [7, 11) is 0. The van der Waals surface area contributed by atoms with Gasteiger partial charge in [-0.15, -0.1) is 10.2 Å². The van der Waals surface area contributed by atoms with Gasteiger partial charge in [0.15, 0.2) is 0 Å². The van der Waals surface area contributed by atoms with Gasteiger partial charge in [0.25, 0.3) is 0 Å². The first-order valence-electron chi connectivity index (χ1n) is 9.64. The quantitative estimate of drug-likeness (QED) is 0.335. The summed E-state index contributed by atoms with van der Waals surface area (Å²) in [6.07, 6.45) is 0. The zero-order valence-corrected chi connectivity index (χ0v) is 19.2. The van der Waals surface area contributed by atoms with Gasteiger partial charge in [-0.3, -0.25) is 4.79 Å². The van der Waals surface area contributed by atoms with Crippen LogP contribution >= 0.6 is 27.7 Å². The number of rotatable bonds is 6. The molecule has 0 unspecified atom stereocenters. The summed E-state index contributed by atoms with van der Waals surface area (Å²) < 4.78 is 0.849. The maximum atomic E-state index is 12.4. The third-order valence-corrected chi connectivity index (χ3v) is 5.99. The molecule has 5 nitrogen and oxygen atoms in total. The van der Waals surface area contributed by atoms with E-state index in [1.165, 1.54) is 11.8 Å². The van der Waals surface area contributed by atoms with E-state index in [0.29, 0.717) is 10.9 Å². The summed E-state index contributed by atoms with van der Waals surface area (Å²) in [4.78, 5) is 17.2. The highest BCUT2D eigenvalue weighted by Gasteiger charge is 2.15. The summed E-state index contributed by atoms with van der Waals surface area (Å²) >= 11 is 4.74. The third kappa shape index (κ3) is 5.37. The molecule has 4 aromatic rings. The number of carbonyl (C=O) groups is 1. The fourth-order valence-corrected chi connectivity index (χ4v) is 4.18. The van der Waals surface area contributed by atoms with E-state index < -0.39 is 0 Å². The predicted molar refractivity (Wildman–Crippen MR) is 129 cm³/mol. The molecule has 1 heterocycles. The number of hydrogen-bond acceptors (Lipinski definition) is 5. The van der Waals surface area contributed by atoms with E-state index in [4.69, 9.17) is 4.98 Å². The second-order valence-corrected chi connectivity index (χ2v) is 8.64. The van der Waals surface area contributed by atoms with Crippen LogP contribution in [0.3, 0.4) is 0 Å². The number of amides is 1. The summed E-state index contributed by atoms with van der Waals surface area (Å²) in [5.74, 6) is 0.0486. The molecule has 0 saturated heterocycles. The molecule has 31 heavy (non-hydrogen) atoms. The summed E-state index contributed by atoms with van der Waals surface area (Å²) in [6, 6.07) is 25.5. The maximum Gasteiger partial charge on any atom is 0.234 e. The smallest absolute Gasteiger partial charge is 0.234 e. The molecule has 0 bridgehead atoms. The normalized spacial score (nSPS) is 10.6. The lowest BCUT2D eigenvalue weighted by molar-refractivity contribution is -0.113. The van der Waals surface area contributed by atoms with Gasteiger partial charge in [0, 0.05) is 15.6 Å². The van der Waals surface area contributed by atoms with Crippen molar-refractivity contribution in [2.45, 2.75) is 12.1 Å². The van der Waals surface area contributed by atoms with E-state index in [2.05, 4.69) is 31.4 Å². The van der Waals surface area contributed by atoms with Crippen LogP contribution in [0.1, 0.15) is 5.56 Å². The van der Waals surface area contributed by atoms with Crippen LogP contribution in [0.25, 0.3) is 22.5 Å². The zero-order chi connectivity index (χ0) is 21.6. The Labute approximate surface area is 193 Å². The molecule has 0 radical (unpaired) electrons. The first kappa shape index (κ1) is 21.2. The fraction of sp³-hybridized carbons (Fsp3) is 0.0833. The number of hydrogen-bond donors (Lipinski definition) is 1. The second kappa shape index (κ2) is 9.85. The average molecular weight is 491 g/mol. The number of aryl methyl sites for hydroxylation is 1. The molecule has 1 amide bonds. The van der Waals surface area contributed by atoms with E-state index in [1.54, 1.807) is 0 Å². The van der Waals surface area contributed by atoms with Crippen molar-refractivity contribution in [3.8, 4) is 22.5 Å². The topological polar surface area (TPSA) is 67.8 Å². The number of anilines is 1. The lowest BCUT2D eigenvalue weighted by Gasteiger charge is -2.10. The van der Waals surface area contributed by atoms with Crippen LogP contribution in [0, 0.1) is 6.92 Å². The Kier molecular flexibility index (Phi) is 6.74. The van der Waals surface area contributed by atoms with Crippen LogP contribution in [0.5, 0.6) is 0 Å². The molecule has 0 aliphatic rings. The molecule has 7 heteroatoms. The van der Waals surface area contributed by atoms with Gasteiger partial charge in [0.2, 0.25) is 11.1 Å². The Balaban J connectivity index is 1.54. The highest BCUT2D eigenvalue weighted by Crippen LogP contribution is 2.30. The van der Waals surface area contributed by atoms with Crippen LogP contribution in [0.15, 0.2) is 88.5 Å². The molecule has 0 aliphatic heterocycles. The molecule has 4 rings (SSSR count). The Hall–Kier alpha value is -3.03. The van der Waals surface area contributed by atoms with Crippen molar-refractivity contribution in [2.75, 3.05) is 11.1 Å². The number of aromatic nitrogens is 3. The minimum atomic E-state index is -0.133. The molecule has 1 N–H and O–H groups in total. The molecule has 0 spiro atoms. The largest absolute Gasteiger partial charge is 0.324 e. The van der Waals surface area contributed by atoms with Crippen molar-refractivity contribution >= 4 is 39.3 Å². The lowest BCUT2D eigenvalue weighted by Crippen LogP contribution is -2.15. The minimum Gasteiger partial charge on any atom is -0.324 e. The first-order valence-corrected chi connectivity index (χ1v) is 11.4. The molecule has 0 saturated carbocycles. The van der Waals surface area contributed by atoms with Gasteiger partial charge in [0.1, 0.15) is 11.4 Å². The van der Waals surface area contributed by atoms with Gasteiger partial charge >= 0.3 is 0 Å². The standard InChI is InChI=1S/C24H19BrN4OS/c1-16-12-13-20(19(25)14-16)26-21(30)15-31-24-27-22(17-8-4-2-5-9-17)23(28-29-24)18-10-6-3-7-11-18/h2-14H,15H2,1H3,(H,26,30). The molecule has 0 fully saturated rings. The number of nitrogens with one attached hydrogen (secondary N) is 1. The van der Waals surface area contributed by atoms with E-state index in [1.807, 2.05) is 85.8 Å². The van der Waals surface area contributed by atoms with Gasteiger partial charge in [-0.2, -0.15) is 0 Å². The molecular formula is C24H19BrN4OS. The van der Waals surface area contributed by atoms with Gasteiger partial charge < -0.3 is 5.32 Å². The number of thioether (sulfide) groups is 1. The molecular weight excluding hydrogens is 472 g/mol. The highest BCUT2D eigenvalue weighted by molar-refractivity contribution is 9.10. The summed E-state index contributed by atoms with van der Waals surface area (Å²) in [6.45, 7) is 2.00. The summed E-state index contributed by atoms with van der Waals surface area (Å²) in [5.41, 5.74) is 5.20. The Morgan fingerprint density at radius 3 is 2.19 bits per heavy atom. The minimum absolute atomic E-state index is 0.133. The lowest BCUT2D eigenvalue weighted by atomic mass is 10.0. The first-order chi connectivity index (χ1) is 15.1. The van der Waals surface area contributed by atoms with E-state index in [9.17, 15) is 4.79 Å². The van der Waals surface area contributed by atoms with E-state index >= 15 is 0 Å². The van der Waals surface area contributed by atoms with Crippen molar-refractivity contribution in [1.29, 1.82) is 0 Å². The third-order valence-electron chi connectivity index (χ3n) is 4.49. The Morgan fingerprint density at radius 1 is 0.903 bits per heavy atom. The monoisotopic (exact) mass is 490 g/mol. The molecule has 3 aromatic carbocycles. The molecule has 1 aromatic heterocycles. The van der Waals surface area contributed by atoms with Crippen LogP contribution < -0.4 is 5.32 Å². The molecule has 0 atom stereocenters. The van der Waals surface area contributed by atoms with E-state index in [0.717, 1.165) is 32.5 Å². The number of halogens is 1. The second-order valence-electron chi connectivity index (χ2n) is 6.84. The average Bonchev–Trinajstić information content (AvgIpc) is 2.80. The van der Waals surface area contributed by atoms with E-state index in [-0.39, 0.29) is 11.7 Å². The Bertz CT molecular complexity index is 1200. The predicted octanol–water partition coefficient (Wildman–Crippen LogP) is 6.01. The van der Waals surface area contributed by atoms with Gasteiger partial charge in [-0.25, -0.2) is 4.98 Å². The van der Waals surface area contributed by atoms with Crippen LogP contribution in [-0.2, 0) is 4.79 Å². The van der Waals surface area contributed by atoms with Gasteiger partial charge in [-0.05, 0) is 40.5 Å². The van der Waals surface area contributed by atoms with Crippen LogP contribution in [0.2, 0.25) is 0 Å². The maximum absolute atomic E-state index is 12.4. The Morgan fingerprint density at radius 2 is 1.55 bits per heavy atom. The van der Waals surface area contributed by atoms with Crippen molar-refractivity contribution < 1.29 is 4.79 Å². The van der Waals surface area contributed by atoms with Crippen molar-refractivity contribution in [3.63, 3.8) is 0 Å². The highest BCUT2D eigenvalue weighted by atomic mass is 79.9. The van der Waals surface area contributed by atoms with Crippen LogP contribution in [-0.4, -0.2) is 26.8 Å². The van der Waals surface area contributed by atoms with Gasteiger partial charge in [0.05, 0.1) is 11.4 Å². The number of carbonyl (C=O) groups excluding carboxylic acids is 1. The van der Waals surface area contributed by atoms with Crippen molar-refractivity contribution in [1.82, 2.24) is 15.2 Å². The van der Waals surface area contributed by atoms with Gasteiger partial charge in [-0.1, -0.05) is 78.5 Å². The molecule has 0 aliphatic carbocycles. The fourth-order valence-electron chi connectivity index (χ4n) is 3.00. The number of nitrogens with zero attached hydrogens (tertiary/aromatic N) is 3. The SMILES string of the molecule is Cc1ccc(NC(=O)CSc2nnc(-c3ccccc3)c(-c3ccccc3)n2)c(Br)c1. The molecule has 154 valence electrons. The zero-order valence-electron chi connectivity index (χ0n) is 16.7.